The zero-order valence-corrected chi connectivity index (χ0v) is 16.4. The molecule has 0 bridgehead atoms. The van der Waals surface area contributed by atoms with Crippen LogP contribution < -0.4 is 9.73 Å². The van der Waals surface area contributed by atoms with Gasteiger partial charge in [-0.15, -0.1) is 0 Å². The fourth-order valence-electron chi connectivity index (χ4n) is 1.99. The van der Waals surface area contributed by atoms with Crippen molar-refractivity contribution in [2.24, 2.45) is 5.10 Å². The Balaban J connectivity index is 2.10. The van der Waals surface area contributed by atoms with Gasteiger partial charge in [-0.3, -0.25) is 9.10 Å². The molecule has 1 N–H and O–H groups in total. The zero-order chi connectivity index (χ0) is 18.6. The molecule has 132 valence electrons. The van der Waals surface area contributed by atoms with E-state index in [1.807, 2.05) is 24.3 Å². The number of nitrogens with zero attached hydrogens (tertiary/aromatic N) is 2. The quantitative estimate of drug-likeness (QED) is 0.592. The number of carbonyl (C=O) groups excluding carboxylic acids is 1. The molecule has 0 aliphatic carbocycles. The Bertz CT molecular complexity index is 909. The Labute approximate surface area is 155 Å². The number of nitrogens with one attached hydrogen (secondary N) is 1. The Hall–Kier alpha value is -2.19. The van der Waals surface area contributed by atoms with Crippen molar-refractivity contribution >= 4 is 43.3 Å². The van der Waals surface area contributed by atoms with Crippen LogP contribution in [0.3, 0.4) is 0 Å². The molecule has 2 rings (SSSR count). The van der Waals surface area contributed by atoms with Crippen molar-refractivity contribution < 1.29 is 13.2 Å². The molecule has 0 saturated heterocycles. The maximum Gasteiger partial charge on any atom is 0.271 e. The molecule has 0 aliphatic heterocycles. The molecule has 0 unspecified atom stereocenters. The molecule has 0 spiro atoms. The van der Waals surface area contributed by atoms with Gasteiger partial charge in [0, 0.05) is 17.1 Å². The lowest BCUT2D eigenvalue weighted by Crippen LogP contribution is -2.25. The number of hydrogen-bond acceptors (Lipinski definition) is 4. The third-order valence-corrected chi connectivity index (χ3v) is 5.26. The van der Waals surface area contributed by atoms with E-state index in [4.69, 9.17) is 0 Å². The lowest BCUT2D eigenvalue weighted by atomic mass is 10.1. The van der Waals surface area contributed by atoms with Gasteiger partial charge in [-0.2, -0.15) is 5.10 Å². The number of rotatable bonds is 5. The molecule has 0 saturated carbocycles. The monoisotopic (exact) mass is 423 g/mol. The molecule has 25 heavy (non-hydrogen) atoms. The summed E-state index contributed by atoms with van der Waals surface area (Å²) in [5.41, 5.74) is 4.92. The Morgan fingerprint density at radius 1 is 1.12 bits per heavy atom. The van der Waals surface area contributed by atoms with E-state index in [9.17, 15) is 13.2 Å². The number of sulfonamides is 1. The van der Waals surface area contributed by atoms with Gasteiger partial charge in [-0.05, 0) is 48.9 Å². The van der Waals surface area contributed by atoms with Crippen LogP contribution in [0.2, 0.25) is 0 Å². The molecular formula is C17H18BrN3O3S. The first-order valence-electron chi connectivity index (χ1n) is 7.33. The van der Waals surface area contributed by atoms with Crippen molar-refractivity contribution in [3.63, 3.8) is 0 Å². The second-order valence-corrected chi connectivity index (χ2v) is 8.36. The van der Waals surface area contributed by atoms with Crippen molar-refractivity contribution in [2.75, 3.05) is 17.6 Å². The van der Waals surface area contributed by atoms with E-state index in [1.165, 1.54) is 7.05 Å². The smallest absolute Gasteiger partial charge is 0.271 e. The normalized spacial score (nSPS) is 11.9. The highest BCUT2D eigenvalue weighted by atomic mass is 79.9. The summed E-state index contributed by atoms with van der Waals surface area (Å²) in [7, 11) is -1.88. The number of carbonyl (C=O) groups is 1. The summed E-state index contributed by atoms with van der Waals surface area (Å²) in [5, 5.41) is 4.10. The van der Waals surface area contributed by atoms with Gasteiger partial charge in [-0.1, -0.05) is 28.1 Å². The third kappa shape index (κ3) is 5.14. The second-order valence-electron chi connectivity index (χ2n) is 5.43. The largest absolute Gasteiger partial charge is 0.274 e. The first kappa shape index (κ1) is 19.1. The standard InChI is InChI=1S/C17H18BrN3O3S/c1-12(14-5-4-6-15(18)11-14)19-20-17(22)13-7-9-16(10-8-13)21(2)25(3,23)24/h4-11H,1-3H3,(H,20,22)/b19-12-. The van der Waals surface area contributed by atoms with Gasteiger partial charge in [0.05, 0.1) is 17.7 Å². The van der Waals surface area contributed by atoms with Crippen LogP contribution in [0.25, 0.3) is 0 Å². The van der Waals surface area contributed by atoms with Gasteiger partial charge in [0.1, 0.15) is 0 Å². The first-order valence-corrected chi connectivity index (χ1v) is 9.97. The number of amides is 1. The molecule has 6 nitrogen and oxygen atoms in total. The molecule has 0 aromatic heterocycles. The van der Waals surface area contributed by atoms with Crippen molar-refractivity contribution in [1.29, 1.82) is 0 Å². The Morgan fingerprint density at radius 3 is 2.32 bits per heavy atom. The van der Waals surface area contributed by atoms with E-state index in [0.717, 1.165) is 20.6 Å². The summed E-state index contributed by atoms with van der Waals surface area (Å²) in [6.45, 7) is 1.80. The van der Waals surface area contributed by atoms with E-state index in [-0.39, 0.29) is 5.91 Å². The zero-order valence-electron chi connectivity index (χ0n) is 14.0. The van der Waals surface area contributed by atoms with Gasteiger partial charge in [0.25, 0.3) is 5.91 Å². The van der Waals surface area contributed by atoms with Gasteiger partial charge >= 0.3 is 0 Å². The molecule has 0 atom stereocenters. The lowest BCUT2D eigenvalue weighted by Gasteiger charge is -2.16. The summed E-state index contributed by atoms with van der Waals surface area (Å²) < 4.78 is 25.1. The number of benzene rings is 2. The van der Waals surface area contributed by atoms with Gasteiger partial charge in [0.15, 0.2) is 0 Å². The van der Waals surface area contributed by atoms with E-state index in [2.05, 4.69) is 26.5 Å². The summed E-state index contributed by atoms with van der Waals surface area (Å²) >= 11 is 3.39. The Morgan fingerprint density at radius 2 is 1.76 bits per heavy atom. The van der Waals surface area contributed by atoms with Crippen LogP contribution in [0, 0.1) is 0 Å². The van der Waals surface area contributed by atoms with Crippen molar-refractivity contribution in [3.8, 4) is 0 Å². The minimum Gasteiger partial charge on any atom is -0.274 e. The predicted octanol–water partition coefficient (Wildman–Crippen LogP) is 3.00. The minimum atomic E-state index is -3.34. The van der Waals surface area contributed by atoms with E-state index >= 15 is 0 Å². The van der Waals surface area contributed by atoms with Gasteiger partial charge in [-0.25, -0.2) is 13.8 Å². The molecular weight excluding hydrogens is 406 g/mol. The molecule has 0 fully saturated rings. The number of hydrogen-bond donors (Lipinski definition) is 1. The van der Waals surface area contributed by atoms with Crippen LogP contribution in [0.5, 0.6) is 0 Å². The average Bonchev–Trinajstić information content (AvgIpc) is 2.58. The van der Waals surface area contributed by atoms with Gasteiger partial charge < -0.3 is 0 Å². The molecule has 1 amide bonds. The molecule has 0 aliphatic rings. The van der Waals surface area contributed by atoms with Crippen molar-refractivity contribution in [2.45, 2.75) is 6.92 Å². The highest BCUT2D eigenvalue weighted by Crippen LogP contribution is 2.16. The SMILES string of the molecule is C/C(=N/NC(=O)c1ccc(N(C)S(C)(=O)=O)cc1)c1cccc(Br)c1. The average molecular weight is 424 g/mol. The van der Waals surface area contributed by atoms with Crippen molar-refractivity contribution in [3.05, 3.63) is 64.1 Å². The van der Waals surface area contributed by atoms with E-state index in [1.54, 1.807) is 31.2 Å². The lowest BCUT2D eigenvalue weighted by molar-refractivity contribution is 0.0955. The van der Waals surface area contributed by atoms with Crippen LogP contribution in [0.4, 0.5) is 5.69 Å². The van der Waals surface area contributed by atoms with E-state index < -0.39 is 10.0 Å². The number of halogens is 1. The predicted molar refractivity (Wildman–Crippen MR) is 104 cm³/mol. The summed E-state index contributed by atoms with van der Waals surface area (Å²) in [4.78, 5) is 12.2. The van der Waals surface area contributed by atoms with Gasteiger partial charge in [0.2, 0.25) is 10.0 Å². The highest BCUT2D eigenvalue weighted by Gasteiger charge is 2.12. The van der Waals surface area contributed by atoms with Crippen LogP contribution in [0.1, 0.15) is 22.8 Å². The minimum absolute atomic E-state index is 0.372. The van der Waals surface area contributed by atoms with E-state index in [0.29, 0.717) is 17.0 Å². The Kier molecular flexibility index (Phi) is 5.97. The van der Waals surface area contributed by atoms with Crippen LogP contribution in [-0.2, 0) is 10.0 Å². The highest BCUT2D eigenvalue weighted by molar-refractivity contribution is 9.10. The fraction of sp³-hybridized carbons (Fsp3) is 0.176. The number of anilines is 1. The van der Waals surface area contributed by atoms with Crippen LogP contribution in [0.15, 0.2) is 58.1 Å². The fourth-order valence-corrected chi connectivity index (χ4v) is 2.90. The van der Waals surface area contributed by atoms with Crippen molar-refractivity contribution in [1.82, 2.24) is 5.43 Å². The summed E-state index contributed by atoms with van der Waals surface area (Å²) in [6.07, 6.45) is 1.12. The van der Waals surface area contributed by atoms with Crippen LogP contribution >= 0.6 is 15.9 Å². The maximum absolute atomic E-state index is 12.2. The first-order chi connectivity index (χ1) is 11.7. The summed E-state index contributed by atoms with van der Waals surface area (Å²) in [5.74, 6) is -0.372. The topological polar surface area (TPSA) is 78.8 Å². The van der Waals surface area contributed by atoms with Crippen LogP contribution in [-0.4, -0.2) is 33.3 Å². The molecule has 0 heterocycles. The summed E-state index contributed by atoms with van der Waals surface area (Å²) in [6, 6.07) is 13.8. The molecule has 2 aromatic rings. The third-order valence-electron chi connectivity index (χ3n) is 3.56. The molecule has 2 aromatic carbocycles. The molecule has 8 heteroatoms. The second kappa shape index (κ2) is 7.79. The molecule has 0 radical (unpaired) electrons. The number of hydrazone groups is 1. The maximum atomic E-state index is 12.2.